The molecule has 0 aliphatic heterocycles. The minimum atomic E-state index is -1.02. The minimum Gasteiger partial charge on any atom is -0.454 e. The maximum Gasteiger partial charge on any atom is 0.267 e. The van der Waals surface area contributed by atoms with Crippen LogP contribution in [0.1, 0.15) is 17.3 Å². The molecule has 4 rings (SSSR count). The third-order valence-electron chi connectivity index (χ3n) is 4.83. The van der Waals surface area contributed by atoms with E-state index in [0.29, 0.717) is 11.8 Å². The van der Waals surface area contributed by atoms with Crippen LogP contribution in [0.5, 0.6) is 11.5 Å². The van der Waals surface area contributed by atoms with Crippen LogP contribution >= 0.6 is 0 Å². The summed E-state index contributed by atoms with van der Waals surface area (Å²) in [4.78, 5) is 40.5. The van der Waals surface area contributed by atoms with Crippen LogP contribution in [0.2, 0.25) is 0 Å². The molecule has 2 amide bonds. The normalized spacial score (nSPS) is 10.6. The lowest BCUT2D eigenvalue weighted by Gasteiger charge is -2.12. The average Bonchev–Trinajstić information content (AvgIpc) is 2.83. The number of hydrogen-bond acceptors (Lipinski definition) is 5. The van der Waals surface area contributed by atoms with Crippen molar-refractivity contribution in [3.8, 4) is 17.2 Å². The number of nitrogens with one attached hydrogen (secondary N) is 2. The summed E-state index contributed by atoms with van der Waals surface area (Å²) < 4.78 is 49.0. The van der Waals surface area contributed by atoms with Crippen molar-refractivity contribution in [1.29, 1.82) is 0 Å². The van der Waals surface area contributed by atoms with E-state index in [0.717, 1.165) is 22.8 Å². The largest absolute Gasteiger partial charge is 0.454 e. The number of carbonyl (C=O) groups excluding carboxylic acids is 2. The summed E-state index contributed by atoms with van der Waals surface area (Å²) in [7, 11) is 0. The molecule has 0 atom stereocenters. The van der Waals surface area contributed by atoms with Gasteiger partial charge in [0.1, 0.15) is 22.9 Å². The third-order valence-corrected chi connectivity index (χ3v) is 4.83. The smallest absolute Gasteiger partial charge is 0.267 e. The van der Waals surface area contributed by atoms with E-state index < -0.39 is 40.4 Å². The number of nitrogens with zero attached hydrogens (tertiary/aromatic N) is 2. The first-order chi connectivity index (χ1) is 17.2. The van der Waals surface area contributed by atoms with Crippen LogP contribution in [0.3, 0.4) is 0 Å². The molecule has 182 valence electrons. The van der Waals surface area contributed by atoms with E-state index in [-0.39, 0.29) is 23.0 Å². The van der Waals surface area contributed by atoms with Crippen molar-refractivity contribution in [3.05, 3.63) is 106 Å². The van der Waals surface area contributed by atoms with Gasteiger partial charge in [0.25, 0.3) is 11.5 Å². The second-order valence-electron chi connectivity index (χ2n) is 7.45. The molecule has 0 saturated heterocycles. The van der Waals surface area contributed by atoms with Crippen LogP contribution in [0.4, 0.5) is 24.7 Å². The summed E-state index contributed by atoms with van der Waals surface area (Å²) in [5.74, 6) is -4.12. The lowest BCUT2D eigenvalue weighted by molar-refractivity contribution is -0.114. The van der Waals surface area contributed by atoms with Gasteiger partial charge in [0.15, 0.2) is 17.4 Å². The number of pyridine rings is 2. The number of anilines is 2. The number of benzene rings is 2. The number of ether oxygens (including phenoxy) is 1. The summed E-state index contributed by atoms with van der Waals surface area (Å²) in [6.07, 6.45) is 2.69. The van der Waals surface area contributed by atoms with Crippen molar-refractivity contribution < 1.29 is 27.5 Å². The molecule has 2 N–H and O–H groups in total. The predicted molar refractivity (Wildman–Crippen MR) is 125 cm³/mol. The van der Waals surface area contributed by atoms with Crippen LogP contribution < -0.4 is 20.9 Å². The Morgan fingerprint density at radius 2 is 1.69 bits per heavy atom. The molecular formula is C25H17F3N4O4. The molecular weight excluding hydrogens is 477 g/mol. The van der Waals surface area contributed by atoms with Gasteiger partial charge in [0.2, 0.25) is 5.91 Å². The van der Waals surface area contributed by atoms with Crippen LogP contribution in [-0.2, 0) is 4.79 Å². The lowest BCUT2D eigenvalue weighted by Crippen LogP contribution is -2.28. The zero-order chi connectivity index (χ0) is 25.8. The Bertz CT molecular complexity index is 1520. The molecule has 0 aliphatic rings. The molecule has 0 aliphatic carbocycles. The van der Waals surface area contributed by atoms with E-state index in [4.69, 9.17) is 4.74 Å². The maximum absolute atomic E-state index is 14.7. The molecule has 8 nitrogen and oxygen atoms in total. The maximum atomic E-state index is 14.7. The Labute approximate surface area is 202 Å². The summed E-state index contributed by atoms with van der Waals surface area (Å²) in [5.41, 5.74) is -1.29. The molecule has 0 saturated carbocycles. The van der Waals surface area contributed by atoms with Crippen molar-refractivity contribution in [2.24, 2.45) is 0 Å². The first kappa shape index (κ1) is 24.2. The number of amides is 2. The van der Waals surface area contributed by atoms with Crippen LogP contribution in [-0.4, -0.2) is 21.4 Å². The minimum absolute atomic E-state index is 0.0782. The van der Waals surface area contributed by atoms with Gasteiger partial charge in [0, 0.05) is 43.2 Å². The number of hydrogen-bond donors (Lipinski definition) is 2. The molecule has 36 heavy (non-hydrogen) atoms. The summed E-state index contributed by atoms with van der Waals surface area (Å²) in [6, 6.07) is 11.8. The highest BCUT2D eigenvalue weighted by molar-refractivity contribution is 6.04. The Morgan fingerprint density at radius 1 is 0.944 bits per heavy atom. The number of rotatable bonds is 6. The van der Waals surface area contributed by atoms with Crippen molar-refractivity contribution in [1.82, 2.24) is 9.55 Å². The summed E-state index contributed by atoms with van der Waals surface area (Å²) in [6.45, 7) is 1.28. The van der Waals surface area contributed by atoms with E-state index in [2.05, 4.69) is 15.6 Å². The highest BCUT2D eigenvalue weighted by Gasteiger charge is 2.18. The topological polar surface area (TPSA) is 102 Å². The number of carbonyl (C=O) groups is 2. The SMILES string of the molecule is CC(=O)Nc1cc(Oc2cc(F)c(NC(=O)c3cccn(-c4ccc(F)cc4)c3=O)cc2F)ccn1. The highest BCUT2D eigenvalue weighted by Crippen LogP contribution is 2.30. The van der Waals surface area contributed by atoms with Gasteiger partial charge in [-0.3, -0.25) is 19.0 Å². The second kappa shape index (κ2) is 10.1. The third kappa shape index (κ3) is 5.41. The molecule has 2 aromatic heterocycles. The van der Waals surface area contributed by atoms with Gasteiger partial charge in [-0.15, -0.1) is 0 Å². The first-order valence-corrected chi connectivity index (χ1v) is 10.4. The Hall–Kier alpha value is -4.93. The quantitative estimate of drug-likeness (QED) is 0.406. The van der Waals surface area contributed by atoms with Gasteiger partial charge >= 0.3 is 0 Å². The van der Waals surface area contributed by atoms with E-state index in [1.807, 2.05) is 0 Å². The molecule has 11 heteroatoms. The molecule has 0 spiro atoms. The monoisotopic (exact) mass is 494 g/mol. The molecule has 2 aromatic carbocycles. The fourth-order valence-electron chi connectivity index (χ4n) is 3.21. The lowest BCUT2D eigenvalue weighted by atomic mass is 10.2. The summed E-state index contributed by atoms with van der Waals surface area (Å²) in [5, 5.41) is 4.61. The Kier molecular flexibility index (Phi) is 6.81. The Balaban J connectivity index is 1.55. The van der Waals surface area contributed by atoms with E-state index in [1.165, 1.54) is 55.7 Å². The number of aromatic nitrogens is 2. The molecule has 0 fully saturated rings. The van der Waals surface area contributed by atoms with E-state index >= 15 is 0 Å². The van der Waals surface area contributed by atoms with Gasteiger partial charge in [-0.25, -0.2) is 18.2 Å². The van der Waals surface area contributed by atoms with Crippen LogP contribution in [0.25, 0.3) is 5.69 Å². The van der Waals surface area contributed by atoms with E-state index in [9.17, 15) is 27.6 Å². The highest BCUT2D eigenvalue weighted by atomic mass is 19.1. The van der Waals surface area contributed by atoms with Crippen molar-refractivity contribution in [2.75, 3.05) is 10.6 Å². The fraction of sp³-hybridized carbons (Fsp3) is 0.0400. The molecule has 0 radical (unpaired) electrons. The van der Waals surface area contributed by atoms with Gasteiger partial charge in [-0.2, -0.15) is 0 Å². The standard InChI is InChI=1S/C25H17F3N4O4/c1-14(33)30-23-11-17(8-9-29-23)36-22-13-19(27)21(12-20(22)28)31-24(34)18-3-2-10-32(25(18)35)16-6-4-15(26)5-7-16/h2-13H,1H3,(H,31,34)(H,29,30,33). The molecule has 0 bridgehead atoms. The van der Waals surface area contributed by atoms with Crippen molar-refractivity contribution in [2.45, 2.75) is 6.92 Å². The van der Waals surface area contributed by atoms with Gasteiger partial charge in [-0.05, 0) is 42.5 Å². The second-order valence-corrected chi connectivity index (χ2v) is 7.45. The summed E-state index contributed by atoms with van der Waals surface area (Å²) >= 11 is 0. The van der Waals surface area contributed by atoms with Crippen molar-refractivity contribution >= 4 is 23.3 Å². The zero-order valence-corrected chi connectivity index (χ0v) is 18.6. The van der Waals surface area contributed by atoms with Gasteiger partial charge in [0.05, 0.1) is 5.69 Å². The molecule has 2 heterocycles. The van der Waals surface area contributed by atoms with Crippen LogP contribution in [0, 0.1) is 17.5 Å². The van der Waals surface area contributed by atoms with E-state index in [1.54, 1.807) is 0 Å². The predicted octanol–water partition coefficient (Wildman–Crippen LogP) is 4.65. The number of halogens is 3. The molecule has 4 aromatic rings. The fourth-order valence-corrected chi connectivity index (χ4v) is 3.21. The Morgan fingerprint density at radius 3 is 2.42 bits per heavy atom. The average molecular weight is 494 g/mol. The molecule has 0 unspecified atom stereocenters. The van der Waals surface area contributed by atoms with Gasteiger partial charge < -0.3 is 15.4 Å². The van der Waals surface area contributed by atoms with Gasteiger partial charge in [-0.1, -0.05) is 0 Å². The van der Waals surface area contributed by atoms with Crippen LogP contribution in [0.15, 0.2) is 77.9 Å². The van der Waals surface area contributed by atoms with Crippen molar-refractivity contribution in [3.63, 3.8) is 0 Å². The zero-order valence-electron chi connectivity index (χ0n) is 18.6. The first-order valence-electron chi connectivity index (χ1n) is 10.4.